The van der Waals surface area contributed by atoms with Gasteiger partial charge in [-0.25, -0.2) is 0 Å². The van der Waals surface area contributed by atoms with Crippen LogP contribution in [0.3, 0.4) is 0 Å². The fourth-order valence-electron chi connectivity index (χ4n) is 1.59. The van der Waals surface area contributed by atoms with Gasteiger partial charge >= 0.3 is 0 Å². The number of aliphatic hydroxyl groups excluding tert-OH is 1. The molecule has 3 N–H and O–H groups in total. The molecule has 0 saturated carbocycles. The van der Waals surface area contributed by atoms with E-state index < -0.39 is 18.1 Å². The second-order valence-electron chi connectivity index (χ2n) is 3.23. The zero-order chi connectivity index (χ0) is 10.0. The second-order valence-corrected chi connectivity index (χ2v) is 3.23. The van der Waals surface area contributed by atoms with Crippen molar-refractivity contribution in [2.24, 2.45) is 5.73 Å². The van der Waals surface area contributed by atoms with Crippen LogP contribution in [0.15, 0.2) is 0 Å². The second kappa shape index (κ2) is 3.74. The van der Waals surface area contributed by atoms with Gasteiger partial charge in [0.25, 0.3) is 0 Å². The molecule has 1 aliphatic heterocycles. The lowest BCUT2D eigenvalue weighted by Crippen LogP contribution is -2.45. The Hall–Kier alpha value is -1.10. The highest BCUT2D eigenvalue weighted by molar-refractivity contribution is 5.87. The molecular formula is C8H14N2O3. The SMILES string of the molecule is CC[C@@H](C(N)=O)N1CC(O)CC1=O. The third-order valence-electron chi connectivity index (χ3n) is 2.23. The third-order valence-corrected chi connectivity index (χ3v) is 2.23. The van der Waals surface area contributed by atoms with Crippen molar-refractivity contribution in [2.45, 2.75) is 31.9 Å². The maximum Gasteiger partial charge on any atom is 0.240 e. The van der Waals surface area contributed by atoms with E-state index in [1.165, 1.54) is 4.90 Å². The molecule has 0 radical (unpaired) electrons. The smallest absolute Gasteiger partial charge is 0.240 e. The number of hydrogen-bond acceptors (Lipinski definition) is 3. The Kier molecular flexibility index (Phi) is 2.87. The summed E-state index contributed by atoms with van der Waals surface area (Å²) in [5.74, 6) is -0.705. The van der Waals surface area contributed by atoms with E-state index in [0.29, 0.717) is 6.42 Å². The number of rotatable bonds is 3. The van der Waals surface area contributed by atoms with Crippen LogP contribution in [0.25, 0.3) is 0 Å². The molecule has 5 nitrogen and oxygen atoms in total. The lowest BCUT2D eigenvalue weighted by molar-refractivity contribution is -0.136. The Morgan fingerprint density at radius 3 is 2.77 bits per heavy atom. The van der Waals surface area contributed by atoms with Gasteiger partial charge in [-0.2, -0.15) is 0 Å². The van der Waals surface area contributed by atoms with Gasteiger partial charge in [0.1, 0.15) is 6.04 Å². The quantitative estimate of drug-likeness (QED) is 0.583. The van der Waals surface area contributed by atoms with Crippen molar-refractivity contribution in [3.05, 3.63) is 0 Å². The van der Waals surface area contributed by atoms with Crippen LogP contribution in [-0.4, -0.2) is 40.5 Å². The molecule has 13 heavy (non-hydrogen) atoms. The molecule has 1 aliphatic rings. The summed E-state index contributed by atoms with van der Waals surface area (Å²) >= 11 is 0. The lowest BCUT2D eigenvalue weighted by Gasteiger charge is -2.23. The van der Waals surface area contributed by atoms with Crippen LogP contribution in [0.5, 0.6) is 0 Å². The van der Waals surface area contributed by atoms with Gasteiger partial charge in [0.2, 0.25) is 11.8 Å². The summed E-state index contributed by atoms with van der Waals surface area (Å²) in [5.41, 5.74) is 5.12. The minimum absolute atomic E-state index is 0.101. The largest absolute Gasteiger partial charge is 0.391 e. The van der Waals surface area contributed by atoms with Crippen molar-refractivity contribution >= 4 is 11.8 Å². The van der Waals surface area contributed by atoms with Crippen LogP contribution in [0.1, 0.15) is 19.8 Å². The Morgan fingerprint density at radius 1 is 1.85 bits per heavy atom. The summed E-state index contributed by atoms with van der Waals surface area (Å²) in [6, 6.07) is -0.565. The van der Waals surface area contributed by atoms with Gasteiger partial charge in [-0.05, 0) is 6.42 Å². The van der Waals surface area contributed by atoms with Crippen LogP contribution < -0.4 is 5.73 Å². The standard InChI is InChI=1S/C8H14N2O3/c1-2-6(8(9)13)10-4-5(11)3-7(10)12/h5-6,11H,2-4H2,1H3,(H2,9,13)/t5?,6-/m0/s1. The van der Waals surface area contributed by atoms with Gasteiger partial charge in [0, 0.05) is 6.54 Å². The Bertz CT molecular complexity index is 229. The van der Waals surface area contributed by atoms with E-state index in [1.54, 1.807) is 6.92 Å². The van der Waals surface area contributed by atoms with Gasteiger partial charge in [-0.3, -0.25) is 9.59 Å². The number of hydrogen-bond donors (Lipinski definition) is 2. The van der Waals surface area contributed by atoms with E-state index in [4.69, 9.17) is 5.73 Å². The van der Waals surface area contributed by atoms with Crippen LogP contribution in [0.4, 0.5) is 0 Å². The minimum atomic E-state index is -0.652. The summed E-state index contributed by atoms with van der Waals surface area (Å²) in [6.45, 7) is 2.01. The molecule has 1 saturated heterocycles. The van der Waals surface area contributed by atoms with E-state index in [0.717, 1.165) is 0 Å². The van der Waals surface area contributed by atoms with Gasteiger partial charge in [0.05, 0.1) is 12.5 Å². The van der Waals surface area contributed by atoms with Gasteiger partial charge in [-0.1, -0.05) is 6.92 Å². The zero-order valence-electron chi connectivity index (χ0n) is 7.56. The maximum atomic E-state index is 11.2. The summed E-state index contributed by atoms with van der Waals surface area (Å²) < 4.78 is 0. The summed E-state index contributed by atoms with van der Waals surface area (Å²) in [5, 5.41) is 9.18. The number of primary amides is 1. The first-order valence-corrected chi connectivity index (χ1v) is 4.33. The highest BCUT2D eigenvalue weighted by Crippen LogP contribution is 2.15. The first-order valence-electron chi connectivity index (χ1n) is 4.33. The van der Waals surface area contributed by atoms with Crippen molar-refractivity contribution in [3.8, 4) is 0 Å². The average molecular weight is 186 g/mol. The minimum Gasteiger partial charge on any atom is -0.391 e. The molecule has 0 spiro atoms. The molecule has 1 unspecified atom stereocenters. The molecule has 0 aromatic heterocycles. The number of nitrogens with zero attached hydrogens (tertiary/aromatic N) is 1. The van der Waals surface area contributed by atoms with Gasteiger partial charge in [0.15, 0.2) is 0 Å². The summed E-state index contributed by atoms with van der Waals surface area (Å²) in [4.78, 5) is 23.5. The molecule has 0 aromatic rings. The Labute approximate surface area is 76.5 Å². The van der Waals surface area contributed by atoms with E-state index in [9.17, 15) is 14.7 Å². The van der Waals surface area contributed by atoms with Crippen molar-refractivity contribution in [1.82, 2.24) is 4.90 Å². The molecule has 1 heterocycles. The first-order chi connectivity index (χ1) is 6.06. The molecular weight excluding hydrogens is 172 g/mol. The fourth-order valence-corrected chi connectivity index (χ4v) is 1.59. The van der Waals surface area contributed by atoms with Crippen LogP contribution in [0.2, 0.25) is 0 Å². The number of nitrogens with two attached hydrogens (primary N) is 1. The average Bonchev–Trinajstić information content (AvgIpc) is 2.31. The monoisotopic (exact) mass is 186 g/mol. The normalized spacial score (nSPS) is 24.9. The van der Waals surface area contributed by atoms with Gasteiger partial charge < -0.3 is 15.7 Å². The molecule has 1 fully saturated rings. The zero-order valence-corrected chi connectivity index (χ0v) is 7.56. The van der Waals surface area contributed by atoms with E-state index in [1.807, 2.05) is 0 Å². The van der Waals surface area contributed by atoms with Crippen LogP contribution >= 0.6 is 0 Å². The molecule has 0 bridgehead atoms. The van der Waals surface area contributed by atoms with Crippen LogP contribution in [-0.2, 0) is 9.59 Å². The number of β-amino-alcohol motifs (C(OH)–C–C–N with tert-alkyl or cyclic N) is 1. The van der Waals surface area contributed by atoms with E-state index in [2.05, 4.69) is 0 Å². The first kappa shape index (κ1) is 9.98. The van der Waals surface area contributed by atoms with E-state index in [-0.39, 0.29) is 18.9 Å². The highest BCUT2D eigenvalue weighted by atomic mass is 16.3. The molecule has 2 atom stereocenters. The van der Waals surface area contributed by atoms with Crippen LogP contribution in [0, 0.1) is 0 Å². The predicted molar refractivity (Wildman–Crippen MR) is 45.6 cm³/mol. The lowest BCUT2D eigenvalue weighted by atomic mass is 10.2. The number of likely N-dealkylation sites (tertiary alicyclic amines) is 1. The van der Waals surface area contributed by atoms with Crippen molar-refractivity contribution in [3.63, 3.8) is 0 Å². The van der Waals surface area contributed by atoms with Gasteiger partial charge in [-0.15, -0.1) is 0 Å². The highest BCUT2D eigenvalue weighted by Gasteiger charge is 2.34. The maximum absolute atomic E-state index is 11.2. The molecule has 5 heteroatoms. The fraction of sp³-hybridized carbons (Fsp3) is 0.750. The number of carbonyl (C=O) groups is 2. The summed E-state index contributed by atoms with van der Waals surface area (Å²) in [7, 11) is 0. The van der Waals surface area contributed by atoms with Crippen molar-refractivity contribution in [1.29, 1.82) is 0 Å². The molecule has 1 rings (SSSR count). The summed E-state index contributed by atoms with van der Waals surface area (Å²) in [6.07, 6.45) is -0.0571. The molecule has 74 valence electrons. The number of aliphatic hydroxyl groups is 1. The molecule has 0 aliphatic carbocycles. The third kappa shape index (κ3) is 1.98. The number of amides is 2. The Morgan fingerprint density at radius 2 is 2.46 bits per heavy atom. The van der Waals surface area contributed by atoms with E-state index >= 15 is 0 Å². The molecule has 0 aromatic carbocycles. The molecule has 2 amide bonds. The van der Waals surface area contributed by atoms with Crippen molar-refractivity contribution < 1.29 is 14.7 Å². The van der Waals surface area contributed by atoms with Crippen molar-refractivity contribution in [2.75, 3.05) is 6.54 Å². The predicted octanol–water partition coefficient (Wildman–Crippen LogP) is -1.16. The number of carbonyl (C=O) groups excluding carboxylic acids is 2. The Balaban J connectivity index is 2.69. The topological polar surface area (TPSA) is 83.6 Å².